The van der Waals surface area contributed by atoms with Gasteiger partial charge in [0.15, 0.2) is 5.96 Å². The Hall–Kier alpha value is -0.570. The lowest BCUT2D eigenvalue weighted by atomic mass is 10.0. The van der Waals surface area contributed by atoms with Gasteiger partial charge in [-0.2, -0.15) is 0 Å². The summed E-state index contributed by atoms with van der Waals surface area (Å²) in [5.41, 5.74) is 0. The van der Waals surface area contributed by atoms with E-state index in [9.17, 15) is 4.79 Å². The lowest BCUT2D eigenvalue weighted by Gasteiger charge is -2.35. The first-order chi connectivity index (χ1) is 11.0. The highest BCUT2D eigenvalue weighted by atomic mass is 127. The molecule has 142 valence electrons. The molecule has 24 heavy (non-hydrogen) atoms. The van der Waals surface area contributed by atoms with E-state index in [4.69, 9.17) is 0 Å². The Balaban J connectivity index is 0.00000529. The van der Waals surface area contributed by atoms with Gasteiger partial charge in [-0.1, -0.05) is 6.92 Å². The largest absolute Gasteiger partial charge is 0.356 e. The third-order valence-corrected chi connectivity index (χ3v) is 4.49. The fraction of sp³-hybridized carbons (Fsp3) is 0.882. The van der Waals surface area contributed by atoms with Crippen molar-refractivity contribution in [1.82, 2.24) is 20.9 Å². The number of likely N-dealkylation sites (tertiary alicyclic amines) is 1. The van der Waals surface area contributed by atoms with Crippen molar-refractivity contribution in [3.8, 4) is 0 Å². The molecule has 0 radical (unpaired) electrons. The lowest BCUT2D eigenvalue weighted by Crippen LogP contribution is -2.50. The highest BCUT2D eigenvalue weighted by Crippen LogP contribution is 2.12. The topological polar surface area (TPSA) is 68.8 Å². The predicted molar refractivity (Wildman–Crippen MR) is 112 cm³/mol. The molecule has 1 unspecified atom stereocenters. The molecule has 1 fully saturated rings. The quantitative estimate of drug-likeness (QED) is 0.313. The van der Waals surface area contributed by atoms with Crippen LogP contribution in [0.25, 0.3) is 0 Å². The Morgan fingerprint density at radius 3 is 2.38 bits per heavy atom. The predicted octanol–water partition coefficient (Wildman–Crippen LogP) is 1.95. The summed E-state index contributed by atoms with van der Waals surface area (Å²) in [5.74, 6) is 0.886. The molecule has 0 aromatic carbocycles. The minimum absolute atomic E-state index is 0. The van der Waals surface area contributed by atoms with Crippen molar-refractivity contribution in [1.29, 1.82) is 0 Å². The SMILES string of the molecule is CCC(C)NC(=O)CCNC(=NC)NC1CCN(C(C)C)CC1.I. The van der Waals surface area contributed by atoms with Crippen molar-refractivity contribution < 1.29 is 4.79 Å². The molecule has 0 aromatic rings. The first-order valence-electron chi connectivity index (χ1n) is 8.96. The van der Waals surface area contributed by atoms with Gasteiger partial charge in [0.25, 0.3) is 0 Å². The second kappa shape index (κ2) is 12.7. The maximum absolute atomic E-state index is 11.8. The molecule has 0 saturated carbocycles. The molecule has 1 aliphatic heterocycles. The van der Waals surface area contributed by atoms with Crippen LogP contribution in [0.3, 0.4) is 0 Å². The molecule has 1 aliphatic rings. The Labute approximate surface area is 164 Å². The minimum Gasteiger partial charge on any atom is -0.356 e. The number of hydrogen-bond acceptors (Lipinski definition) is 3. The number of guanidine groups is 1. The molecule has 1 heterocycles. The molecule has 1 saturated heterocycles. The van der Waals surface area contributed by atoms with Gasteiger partial charge in [-0.05, 0) is 40.0 Å². The van der Waals surface area contributed by atoms with Crippen molar-refractivity contribution in [3.05, 3.63) is 0 Å². The first kappa shape index (κ1) is 23.4. The molecule has 0 bridgehead atoms. The zero-order valence-electron chi connectivity index (χ0n) is 15.9. The summed E-state index contributed by atoms with van der Waals surface area (Å²) in [7, 11) is 1.78. The summed E-state index contributed by atoms with van der Waals surface area (Å²) in [4.78, 5) is 18.5. The number of nitrogens with one attached hydrogen (secondary N) is 3. The van der Waals surface area contributed by atoms with Gasteiger partial charge < -0.3 is 20.9 Å². The highest BCUT2D eigenvalue weighted by molar-refractivity contribution is 14.0. The summed E-state index contributed by atoms with van der Waals surface area (Å²) in [6, 6.07) is 1.33. The molecule has 0 aromatic heterocycles. The highest BCUT2D eigenvalue weighted by Gasteiger charge is 2.21. The molecule has 1 rings (SSSR count). The molecular weight excluding hydrogens is 417 g/mol. The Morgan fingerprint density at radius 1 is 1.25 bits per heavy atom. The van der Waals surface area contributed by atoms with Crippen molar-refractivity contribution in [2.24, 2.45) is 4.99 Å². The number of amides is 1. The Bertz CT molecular complexity index is 381. The summed E-state index contributed by atoms with van der Waals surface area (Å²) in [6.07, 6.45) is 3.69. The van der Waals surface area contributed by atoms with Gasteiger partial charge in [0.1, 0.15) is 0 Å². The van der Waals surface area contributed by atoms with Crippen LogP contribution in [0, 0.1) is 0 Å². The van der Waals surface area contributed by atoms with Gasteiger partial charge in [0.05, 0.1) is 0 Å². The van der Waals surface area contributed by atoms with E-state index in [-0.39, 0.29) is 35.9 Å². The van der Waals surface area contributed by atoms with Crippen LogP contribution in [0.4, 0.5) is 0 Å². The zero-order chi connectivity index (χ0) is 17.2. The Morgan fingerprint density at radius 2 is 1.88 bits per heavy atom. The minimum atomic E-state index is 0. The van der Waals surface area contributed by atoms with Crippen molar-refractivity contribution >= 4 is 35.8 Å². The van der Waals surface area contributed by atoms with Crippen LogP contribution in [-0.4, -0.2) is 61.6 Å². The average Bonchev–Trinajstić information content (AvgIpc) is 2.54. The van der Waals surface area contributed by atoms with E-state index in [0.717, 1.165) is 38.3 Å². The molecular formula is C17H36IN5O. The second-order valence-corrected chi connectivity index (χ2v) is 6.67. The lowest BCUT2D eigenvalue weighted by molar-refractivity contribution is -0.121. The number of aliphatic imine (C=N–C) groups is 1. The molecule has 7 heteroatoms. The maximum Gasteiger partial charge on any atom is 0.221 e. The van der Waals surface area contributed by atoms with Crippen molar-refractivity contribution in [2.45, 2.75) is 71.5 Å². The monoisotopic (exact) mass is 453 g/mol. The third kappa shape index (κ3) is 9.05. The average molecular weight is 453 g/mol. The number of carbonyl (C=O) groups excluding carboxylic acids is 1. The van der Waals surface area contributed by atoms with E-state index in [1.807, 2.05) is 6.92 Å². The van der Waals surface area contributed by atoms with Gasteiger partial charge in [-0.15, -0.1) is 24.0 Å². The maximum atomic E-state index is 11.8. The first-order valence-corrected chi connectivity index (χ1v) is 8.96. The van der Waals surface area contributed by atoms with Gasteiger partial charge in [0, 0.05) is 51.2 Å². The van der Waals surface area contributed by atoms with Crippen LogP contribution in [-0.2, 0) is 4.79 Å². The molecule has 1 amide bonds. The van der Waals surface area contributed by atoms with E-state index in [2.05, 4.69) is 46.6 Å². The number of halogens is 1. The van der Waals surface area contributed by atoms with Crippen molar-refractivity contribution in [3.63, 3.8) is 0 Å². The van der Waals surface area contributed by atoms with Crippen LogP contribution >= 0.6 is 24.0 Å². The summed E-state index contributed by atoms with van der Waals surface area (Å²) in [6.45, 7) is 11.5. The normalized spacial score (nSPS) is 18.0. The van der Waals surface area contributed by atoms with Gasteiger partial charge in [-0.3, -0.25) is 9.79 Å². The van der Waals surface area contributed by atoms with E-state index in [1.165, 1.54) is 0 Å². The smallest absolute Gasteiger partial charge is 0.221 e. The summed E-state index contributed by atoms with van der Waals surface area (Å²) < 4.78 is 0. The van der Waals surface area contributed by atoms with Crippen LogP contribution in [0.1, 0.15) is 53.4 Å². The fourth-order valence-corrected chi connectivity index (χ4v) is 2.69. The fourth-order valence-electron chi connectivity index (χ4n) is 2.69. The van der Waals surface area contributed by atoms with Crippen molar-refractivity contribution in [2.75, 3.05) is 26.7 Å². The number of hydrogen-bond donors (Lipinski definition) is 3. The van der Waals surface area contributed by atoms with Gasteiger partial charge in [-0.25, -0.2) is 0 Å². The van der Waals surface area contributed by atoms with Crippen LogP contribution in [0.15, 0.2) is 4.99 Å². The van der Waals surface area contributed by atoms with Crippen LogP contribution in [0.5, 0.6) is 0 Å². The summed E-state index contributed by atoms with van der Waals surface area (Å²) in [5, 5.41) is 9.68. The van der Waals surface area contributed by atoms with Gasteiger partial charge in [0.2, 0.25) is 5.91 Å². The zero-order valence-corrected chi connectivity index (χ0v) is 18.2. The van der Waals surface area contributed by atoms with E-state index < -0.39 is 0 Å². The number of piperidine rings is 1. The van der Waals surface area contributed by atoms with E-state index >= 15 is 0 Å². The molecule has 0 aliphatic carbocycles. The van der Waals surface area contributed by atoms with E-state index in [0.29, 0.717) is 25.0 Å². The number of carbonyl (C=O) groups is 1. The number of rotatable bonds is 7. The Kier molecular flexibility index (Phi) is 12.4. The molecule has 1 atom stereocenters. The van der Waals surface area contributed by atoms with Crippen LogP contribution < -0.4 is 16.0 Å². The van der Waals surface area contributed by atoms with Crippen LogP contribution in [0.2, 0.25) is 0 Å². The number of nitrogens with zero attached hydrogens (tertiary/aromatic N) is 2. The van der Waals surface area contributed by atoms with E-state index in [1.54, 1.807) is 7.05 Å². The third-order valence-electron chi connectivity index (χ3n) is 4.49. The summed E-state index contributed by atoms with van der Waals surface area (Å²) >= 11 is 0. The molecule has 0 spiro atoms. The van der Waals surface area contributed by atoms with Gasteiger partial charge >= 0.3 is 0 Å². The second-order valence-electron chi connectivity index (χ2n) is 6.67. The molecule has 3 N–H and O–H groups in total. The standard InChI is InChI=1S/C17H35N5O.HI/c1-6-14(4)20-16(23)7-10-19-17(18-5)21-15-8-11-22(12-9-15)13(2)3;/h13-15H,6-12H2,1-5H3,(H,20,23)(H2,18,19,21);1H. The molecule has 6 nitrogen and oxygen atoms in total.